The van der Waals surface area contributed by atoms with Crippen LogP contribution in [-0.2, 0) is 5.41 Å². The van der Waals surface area contributed by atoms with Crippen molar-refractivity contribution >= 4 is 51.2 Å². The maximum Gasteiger partial charge on any atom is 0.0755 e. The molecule has 1 aliphatic heterocycles. The van der Waals surface area contributed by atoms with E-state index in [1.807, 2.05) is 0 Å². The summed E-state index contributed by atoms with van der Waals surface area (Å²) in [6.07, 6.45) is 0. The standard InChI is InChI=1S/C67H47N3/c1-6-22-48(23-7-1)50-26-20-34-55(44-50)68(52-28-10-3-11-29-52)57-40-42-59-60-43-41-58(69(53-30-12-4-13-31-53)56-35-21-27-51(45-56)49-24-8-2-9-25-49)47-64(60)67(63(59)46-57)61-36-16-18-38-65(61)70(54-32-14-5-15-33-54)66-39-19-17-37-62(66)67/h1-47H. The number of fused-ring (bicyclic) bond motifs is 9. The van der Waals surface area contributed by atoms with E-state index in [1.54, 1.807) is 0 Å². The highest BCUT2D eigenvalue weighted by Crippen LogP contribution is 2.64. The Kier molecular flexibility index (Phi) is 10.1. The van der Waals surface area contributed by atoms with Gasteiger partial charge in [0.05, 0.1) is 16.8 Å². The van der Waals surface area contributed by atoms with Gasteiger partial charge in [-0.15, -0.1) is 0 Å². The zero-order valence-electron chi connectivity index (χ0n) is 38.5. The molecule has 0 amide bonds. The van der Waals surface area contributed by atoms with Crippen LogP contribution in [0.2, 0.25) is 0 Å². The molecule has 1 heterocycles. The molecule has 330 valence electrons. The third-order valence-corrected chi connectivity index (χ3v) is 14.2. The maximum atomic E-state index is 2.49. The van der Waals surface area contributed by atoms with Crippen molar-refractivity contribution in [1.82, 2.24) is 0 Å². The molecular formula is C67H47N3. The molecule has 0 fully saturated rings. The van der Waals surface area contributed by atoms with Gasteiger partial charge >= 0.3 is 0 Å². The average molecular weight is 894 g/mol. The minimum atomic E-state index is -0.711. The van der Waals surface area contributed by atoms with E-state index in [0.29, 0.717) is 0 Å². The van der Waals surface area contributed by atoms with Gasteiger partial charge in [0, 0.05) is 39.8 Å². The fourth-order valence-corrected chi connectivity index (χ4v) is 11.2. The Morgan fingerprint density at radius 1 is 0.243 bits per heavy atom. The molecular weight excluding hydrogens is 847 g/mol. The summed E-state index contributed by atoms with van der Waals surface area (Å²) in [5.41, 5.74) is 21.4. The summed E-state index contributed by atoms with van der Waals surface area (Å²) in [5.74, 6) is 0. The fraction of sp³-hybridized carbons (Fsp3) is 0.0149. The first-order valence-electron chi connectivity index (χ1n) is 24.1. The summed E-state index contributed by atoms with van der Waals surface area (Å²) in [4.78, 5) is 7.29. The lowest BCUT2D eigenvalue weighted by Gasteiger charge is -2.45. The first-order valence-corrected chi connectivity index (χ1v) is 24.1. The molecule has 70 heavy (non-hydrogen) atoms. The molecule has 1 spiro atoms. The van der Waals surface area contributed by atoms with Crippen LogP contribution in [0.15, 0.2) is 285 Å². The Hall–Kier alpha value is -9.18. The van der Waals surface area contributed by atoms with Crippen molar-refractivity contribution in [3.8, 4) is 33.4 Å². The second-order valence-corrected chi connectivity index (χ2v) is 18.1. The van der Waals surface area contributed by atoms with Gasteiger partial charge in [0.25, 0.3) is 0 Å². The van der Waals surface area contributed by atoms with E-state index in [1.165, 1.54) is 55.6 Å². The second kappa shape index (κ2) is 17.2. The molecule has 0 atom stereocenters. The molecule has 0 radical (unpaired) electrons. The van der Waals surface area contributed by atoms with E-state index in [0.717, 1.165) is 51.2 Å². The van der Waals surface area contributed by atoms with Crippen molar-refractivity contribution in [1.29, 1.82) is 0 Å². The zero-order valence-corrected chi connectivity index (χ0v) is 38.5. The summed E-state index contributed by atoms with van der Waals surface area (Å²) < 4.78 is 0. The van der Waals surface area contributed by atoms with Crippen LogP contribution in [0, 0.1) is 0 Å². The van der Waals surface area contributed by atoms with Gasteiger partial charge in [-0.05, 0) is 153 Å². The van der Waals surface area contributed by atoms with Crippen molar-refractivity contribution in [2.75, 3.05) is 14.7 Å². The summed E-state index contributed by atoms with van der Waals surface area (Å²) in [6.45, 7) is 0. The van der Waals surface area contributed by atoms with Gasteiger partial charge in [-0.3, -0.25) is 0 Å². The lowest BCUT2D eigenvalue weighted by atomic mass is 9.64. The third kappa shape index (κ3) is 6.74. The average Bonchev–Trinajstić information content (AvgIpc) is 3.72. The molecule has 2 aliphatic rings. The van der Waals surface area contributed by atoms with Crippen LogP contribution in [0.1, 0.15) is 22.3 Å². The minimum absolute atomic E-state index is 0.711. The number of benzene rings is 11. The van der Waals surface area contributed by atoms with E-state index in [4.69, 9.17) is 0 Å². The molecule has 3 heteroatoms. The molecule has 0 bridgehead atoms. The molecule has 0 unspecified atom stereocenters. The summed E-state index contributed by atoms with van der Waals surface area (Å²) >= 11 is 0. The number of hydrogen-bond acceptors (Lipinski definition) is 3. The molecule has 0 saturated heterocycles. The highest BCUT2D eigenvalue weighted by Gasteiger charge is 2.52. The van der Waals surface area contributed by atoms with Gasteiger partial charge in [0.2, 0.25) is 0 Å². The number of nitrogens with zero attached hydrogens (tertiary/aromatic N) is 3. The van der Waals surface area contributed by atoms with Gasteiger partial charge in [-0.25, -0.2) is 0 Å². The van der Waals surface area contributed by atoms with Crippen LogP contribution < -0.4 is 14.7 Å². The van der Waals surface area contributed by atoms with Crippen molar-refractivity contribution in [3.05, 3.63) is 307 Å². The third-order valence-electron chi connectivity index (χ3n) is 14.2. The Labute approximate surface area is 410 Å². The van der Waals surface area contributed by atoms with E-state index in [-0.39, 0.29) is 0 Å². The Morgan fingerprint density at radius 3 is 1.03 bits per heavy atom. The Balaban J connectivity index is 1.08. The van der Waals surface area contributed by atoms with Gasteiger partial charge in [0.1, 0.15) is 0 Å². The topological polar surface area (TPSA) is 9.72 Å². The molecule has 11 aromatic carbocycles. The van der Waals surface area contributed by atoms with Crippen molar-refractivity contribution in [2.24, 2.45) is 0 Å². The van der Waals surface area contributed by atoms with Gasteiger partial charge in [-0.1, -0.05) is 188 Å². The van der Waals surface area contributed by atoms with Crippen LogP contribution >= 0.6 is 0 Å². The van der Waals surface area contributed by atoms with Crippen LogP contribution in [0.25, 0.3) is 33.4 Å². The largest absolute Gasteiger partial charge is 0.310 e. The Bertz CT molecular complexity index is 3440. The van der Waals surface area contributed by atoms with Gasteiger partial charge < -0.3 is 14.7 Å². The van der Waals surface area contributed by atoms with Crippen LogP contribution in [0.4, 0.5) is 51.2 Å². The summed E-state index contributed by atoms with van der Waals surface area (Å²) in [6, 6.07) is 104. The quantitative estimate of drug-likeness (QED) is 0.143. The fourth-order valence-electron chi connectivity index (χ4n) is 11.2. The normalized spacial score (nSPS) is 12.7. The van der Waals surface area contributed by atoms with Crippen LogP contribution in [-0.4, -0.2) is 0 Å². The molecule has 0 saturated carbocycles. The monoisotopic (exact) mass is 893 g/mol. The molecule has 13 rings (SSSR count). The van der Waals surface area contributed by atoms with Gasteiger partial charge in [0.15, 0.2) is 0 Å². The highest BCUT2D eigenvalue weighted by molar-refractivity contribution is 5.98. The maximum absolute atomic E-state index is 2.49. The van der Waals surface area contributed by atoms with Crippen LogP contribution in [0.5, 0.6) is 0 Å². The number of rotatable bonds is 9. The lowest BCUT2D eigenvalue weighted by Crippen LogP contribution is -2.36. The van der Waals surface area contributed by atoms with E-state index in [2.05, 4.69) is 300 Å². The second-order valence-electron chi connectivity index (χ2n) is 18.1. The van der Waals surface area contributed by atoms with E-state index in [9.17, 15) is 0 Å². The molecule has 0 N–H and O–H groups in total. The van der Waals surface area contributed by atoms with Crippen molar-refractivity contribution in [2.45, 2.75) is 5.41 Å². The molecule has 1 aliphatic carbocycles. The molecule has 0 aromatic heterocycles. The number of anilines is 9. The van der Waals surface area contributed by atoms with E-state index >= 15 is 0 Å². The SMILES string of the molecule is c1ccc(-c2cccc(N(c3ccccc3)c3ccc4c(c3)C3(c5cc(N(c6ccccc6)c6cccc(-c7ccccc7)c6)ccc5-4)c4ccccc4N(c4ccccc4)c4ccccc43)c2)cc1. The summed E-state index contributed by atoms with van der Waals surface area (Å²) in [7, 11) is 0. The smallest absolute Gasteiger partial charge is 0.0755 e. The van der Waals surface area contributed by atoms with Crippen molar-refractivity contribution in [3.63, 3.8) is 0 Å². The minimum Gasteiger partial charge on any atom is -0.310 e. The Morgan fingerprint density at radius 2 is 0.586 bits per heavy atom. The molecule has 3 nitrogen and oxygen atoms in total. The van der Waals surface area contributed by atoms with E-state index < -0.39 is 5.41 Å². The first-order chi connectivity index (χ1) is 34.7. The van der Waals surface area contributed by atoms with Crippen LogP contribution in [0.3, 0.4) is 0 Å². The van der Waals surface area contributed by atoms with Crippen molar-refractivity contribution < 1.29 is 0 Å². The number of para-hydroxylation sites is 5. The lowest BCUT2D eigenvalue weighted by molar-refractivity contribution is 0.752. The zero-order chi connectivity index (χ0) is 46.4. The van der Waals surface area contributed by atoms with Gasteiger partial charge in [-0.2, -0.15) is 0 Å². The predicted molar refractivity (Wildman–Crippen MR) is 292 cm³/mol. The first kappa shape index (κ1) is 41.0. The number of hydrogen-bond donors (Lipinski definition) is 0. The summed E-state index contributed by atoms with van der Waals surface area (Å²) in [5, 5.41) is 0. The predicted octanol–water partition coefficient (Wildman–Crippen LogP) is 18.1. The molecule has 11 aromatic rings. The highest BCUT2D eigenvalue weighted by atomic mass is 15.2.